The average Bonchev–Trinajstić information content (AvgIpc) is 2.47. The number of fused-ring (bicyclic) bond motifs is 1. The van der Waals surface area contributed by atoms with Crippen LogP contribution in [0, 0.1) is 5.41 Å². The number of methoxy groups -OCH3 is 1. The molecule has 0 amide bonds. The Hall–Kier alpha value is -1.38. The highest BCUT2D eigenvalue weighted by atomic mass is 16.5. The topological polar surface area (TPSA) is 30.5 Å². The minimum Gasteiger partial charge on any atom is -0.494 e. The normalized spacial score (nSPS) is 21.1. The summed E-state index contributed by atoms with van der Waals surface area (Å²) in [5.41, 5.74) is 1.37. The lowest BCUT2D eigenvalue weighted by Gasteiger charge is -2.40. The molecule has 3 rings (SSSR count). The molecule has 1 aliphatic carbocycles. The largest absolute Gasteiger partial charge is 0.494 e. The number of hydrogen-bond acceptors (Lipinski definition) is 3. The van der Waals surface area contributed by atoms with E-state index in [2.05, 4.69) is 5.32 Å². The molecule has 1 fully saturated rings. The van der Waals surface area contributed by atoms with E-state index >= 15 is 0 Å². The van der Waals surface area contributed by atoms with E-state index in [0.717, 1.165) is 30.3 Å². The first kappa shape index (κ1) is 9.82. The molecule has 16 heavy (non-hydrogen) atoms. The van der Waals surface area contributed by atoms with Gasteiger partial charge >= 0.3 is 0 Å². The summed E-state index contributed by atoms with van der Waals surface area (Å²) in [6.07, 6.45) is 3.88. The van der Waals surface area contributed by atoms with E-state index in [1.165, 1.54) is 19.3 Å². The number of benzene rings is 1. The molecule has 1 saturated carbocycles. The maximum atomic E-state index is 5.91. The molecule has 0 aromatic heterocycles. The van der Waals surface area contributed by atoms with Gasteiger partial charge in [0, 0.05) is 12.0 Å². The van der Waals surface area contributed by atoms with Crippen molar-refractivity contribution in [3.8, 4) is 11.5 Å². The van der Waals surface area contributed by atoms with Gasteiger partial charge in [-0.1, -0.05) is 12.5 Å². The van der Waals surface area contributed by atoms with E-state index in [1.54, 1.807) is 7.11 Å². The standard InChI is InChI=1S/C13H17NO2/c1-15-10-4-2-5-11-12(10)14-8-13(9-16-11)6-3-7-13/h2,4-5,14H,3,6-9H2,1H3. The van der Waals surface area contributed by atoms with Gasteiger partial charge in [0.25, 0.3) is 0 Å². The summed E-state index contributed by atoms with van der Waals surface area (Å²) in [4.78, 5) is 0. The van der Waals surface area contributed by atoms with Crippen molar-refractivity contribution in [3.63, 3.8) is 0 Å². The van der Waals surface area contributed by atoms with Crippen LogP contribution in [0.1, 0.15) is 19.3 Å². The van der Waals surface area contributed by atoms with Crippen molar-refractivity contribution < 1.29 is 9.47 Å². The summed E-state index contributed by atoms with van der Waals surface area (Å²) in [6, 6.07) is 5.94. The fourth-order valence-corrected chi connectivity index (χ4v) is 2.53. The minimum atomic E-state index is 0.365. The third-order valence-electron chi connectivity index (χ3n) is 3.80. The summed E-state index contributed by atoms with van der Waals surface area (Å²) < 4.78 is 11.3. The predicted molar refractivity (Wildman–Crippen MR) is 63.3 cm³/mol. The molecule has 0 saturated heterocycles. The van der Waals surface area contributed by atoms with Crippen molar-refractivity contribution in [1.29, 1.82) is 0 Å². The monoisotopic (exact) mass is 219 g/mol. The second-order valence-electron chi connectivity index (χ2n) is 4.83. The fraction of sp³-hybridized carbons (Fsp3) is 0.538. The van der Waals surface area contributed by atoms with Crippen molar-refractivity contribution in [2.75, 3.05) is 25.6 Å². The predicted octanol–water partition coefficient (Wildman–Crippen LogP) is 2.67. The van der Waals surface area contributed by atoms with Gasteiger partial charge in [-0.2, -0.15) is 0 Å². The van der Waals surface area contributed by atoms with Crippen molar-refractivity contribution in [2.45, 2.75) is 19.3 Å². The van der Waals surface area contributed by atoms with Crippen LogP contribution in [0.5, 0.6) is 11.5 Å². The number of para-hydroxylation sites is 1. The number of anilines is 1. The van der Waals surface area contributed by atoms with Crippen LogP contribution in [0.4, 0.5) is 5.69 Å². The Balaban J connectivity index is 1.91. The van der Waals surface area contributed by atoms with Crippen LogP contribution in [-0.4, -0.2) is 20.3 Å². The van der Waals surface area contributed by atoms with Crippen LogP contribution >= 0.6 is 0 Å². The highest BCUT2D eigenvalue weighted by molar-refractivity contribution is 5.66. The molecular formula is C13H17NO2. The van der Waals surface area contributed by atoms with Crippen LogP contribution < -0.4 is 14.8 Å². The van der Waals surface area contributed by atoms with Gasteiger partial charge in [0.2, 0.25) is 0 Å². The van der Waals surface area contributed by atoms with E-state index in [0.29, 0.717) is 5.41 Å². The Morgan fingerprint density at radius 1 is 1.38 bits per heavy atom. The van der Waals surface area contributed by atoms with Gasteiger partial charge in [-0.05, 0) is 25.0 Å². The molecule has 1 aromatic rings. The van der Waals surface area contributed by atoms with Gasteiger partial charge in [-0.25, -0.2) is 0 Å². The maximum Gasteiger partial charge on any atom is 0.146 e. The number of hydrogen-bond donors (Lipinski definition) is 1. The molecular weight excluding hydrogens is 202 g/mol. The summed E-state index contributed by atoms with van der Waals surface area (Å²) in [7, 11) is 1.70. The van der Waals surface area contributed by atoms with Crippen molar-refractivity contribution >= 4 is 5.69 Å². The van der Waals surface area contributed by atoms with E-state index < -0.39 is 0 Å². The first-order valence-electron chi connectivity index (χ1n) is 5.87. The second kappa shape index (κ2) is 3.58. The molecule has 0 bridgehead atoms. The Labute approximate surface area is 95.8 Å². The van der Waals surface area contributed by atoms with Gasteiger partial charge in [0.05, 0.1) is 13.7 Å². The third-order valence-corrected chi connectivity index (χ3v) is 3.80. The number of ether oxygens (including phenoxy) is 2. The zero-order valence-electron chi connectivity index (χ0n) is 9.58. The maximum absolute atomic E-state index is 5.91. The van der Waals surface area contributed by atoms with E-state index in [4.69, 9.17) is 9.47 Å². The first-order valence-corrected chi connectivity index (χ1v) is 5.87. The summed E-state index contributed by atoms with van der Waals surface area (Å²) in [6.45, 7) is 1.83. The molecule has 1 N–H and O–H groups in total. The molecule has 3 heteroatoms. The fourth-order valence-electron chi connectivity index (χ4n) is 2.53. The molecule has 86 valence electrons. The Bertz CT molecular complexity index is 399. The van der Waals surface area contributed by atoms with Crippen molar-refractivity contribution in [2.24, 2.45) is 5.41 Å². The molecule has 2 aliphatic rings. The minimum absolute atomic E-state index is 0.365. The first-order chi connectivity index (χ1) is 7.83. The van der Waals surface area contributed by atoms with Gasteiger partial charge in [0.1, 0.15) is 17.2 Å². The van der Waals surface area contributed by atoms with Crippen LogP contribution in [0.2, 0.25) is 0 Å². The molecule has 0 atom stereocenters. The molecule has 0 radical (unpaired) electrons. The van der Waals surface area contributed by atoms with Crippen molar-refractivity contribution in [3.05, 3.63) is 18.2 Å². The van der Waals surface area contributed by atoms with E-state index in [1.807, 2.05) is 18.2 Å². The SMILES string of the molecule is COc1cccc2c1NCC1(CCC1)CO2. The number of nitrogens with one attached hydrogen (secondary N) is 1. The zero-order valence-corrected chi connectivity index (χ0v) is 9.58. The smallest absolute Gasteiger partial charge is 0.146 e. The summed E-state index contributed by atoms with van der Waals surface area (Å²) >= 11 is 0. The Morgan fingerprint density at radius 3 is 2.94 bits per heavy atom. The van der Waals surface area contributed by atoms with Crippen LogP contribution in [0.25, 0.3) is 0 Å². The molecule has 3 nitrogen and oxygen atoms in total. The van der Waals surface area contributed by atoms with Gasteiger partial charge in [-0.15, -0.1) is 0 Å². The van der Waals surface area contributed by atoms with Crippen molar-refractivity contribution in [1.82, 2.24) is 0 Å². The molecule has 1 aliphatic heterocycles. The van der Waals surface area contributed by atoms with E-state index in [9.17, 15) is 0 Å². The average molecular weight is 219 g/mol. The van der Waals surface area contributed by atoms with Crippen LogP contribution in [0.3, 0.4) is 0 Å². The highest BCUT2D eigenvalue weighted by Gasteiger charge is 2.39. The second-order valence-corrected chi connectivity index (χ2v) is 4.83. The van der Waals surface area contributed by atoms with Crippen LogP contribution in [0.15, 0.2) is 18.2 Å². The lowest BCUT2D eigenvalue weighted by molar-refractivity contribution is 0.0766. The van der Waals surface area contributed by atoms with Gasteiger partial charge < -0.3 is 14.8 Å². The lowest BCUT2D eigenvalue weighted by atomic mass is 9.69. The van der Waals surface area contributed by atoms with Gasteiger partial charge in [0.15, 0.2) is 0 Å². The Morgan fingerprint density at radius 2 is 2.25 bits per heavy atom. The van der Waals surface area contributed by atoms with E-state index in [-0.39, 0.29) is 0 Å². The third kappa shape index (κ3) is 1.42. The molecule has 0 unspecified atom stereocenters. The molecule has 1 aromatic carbocycles. The van der Waals surface area contributed by atoms with Crippen LogP contribution in [-0.2, 0) is 0 Å². The molecule has 1 spiro atoms. The highest BCUT2D eigenvalue weighted by Crippen LogP contribution is 2.46. The van der Waals surface area contributed by atoms with Gasteiger partial charge in [-0.3, -0.25) is 0 Å². The zero-order chi connectivity index (χ0) is 11.0. The number of rotatable bonds is 1. The summed E-state index contributed by atoms with van der Waals surface area (Å²) in [5.74, 6) is 1.79. The lowest BCUT2D eigenvalue weighted by Crippen LogP contribution is -2.40. The molecule has 1 heterocycles. The quantitative estimate of drug-likeness (QED) is 0.787. The Kier molecular flexibility index (Phi) is 2.20. The summed E-state index contributed by atoms with van der Waals surface area (Å²) in [5, 5.41) is 3.49.